The summed E-state index contributed by atoms with van der Waals surface area (Å²) in [6, 6.07) is 0.0875. The summed E-state index contributed by atoms with van der Waals surface area (Å²) in [4.78, 5) is 25.1. The Morgan fingerprint density at radius 1 is 1.54 bits per heavy atom. The highest BCUT2D eigenvalue weighted by Gasteiger charge is 2.24. The molecule has 4 heteroatoms. The molecule has 1 aliphatic rings. The van der Waals surface area contributed by atoms with Crippen molar-refractivity contribution >= 4 is 12.3 Å². The van der Waals surface area contributed by atoms with Crippen LogP contribution >= 0.6 is 0 Å². The quantitative estimate of drug-likeness (QED) is 0.440. The first-order chi connectivity index (χ1) is 6.19. The molecule has 0 saturated carbocycles. The van der Waals surface area contributed by atoms with Gasteiger partial charge < -0.3 is 9.80 Å². The number of hydrogen-bond donors (Lipinski definition) is 0. The Morgan fingerprint density at radius 3 is 2.69 bits per heavy atom. The molecule has 72 valence electrons. The molecule has 0 unspecified atom stereocenters. The first-order valence-corrected chi connectivity index (χ1v) is 4.31. The maximum atomic E-state index is 11.3. The van der Waals surface area contributed by atoms with Crippen molar-refractivity contribution in [3.05, 3.63) is 12.7 Å². The van der Waals surface area contributed by atoms with Gasteiger partial charge in [0.05, 0.1) is 0 Å². The fourth-order valence-electron chi connectivity index (χ4n) is 1.53. The zero-order chi connectivity index (χ0) is 9.84. The molecule has 1 atom stereocenters. The minimum atomic E-state index is -0.0574. The Morgan fingerprint density at radius 2 is 2.23 bits per heavy atom. The summed E-state index contributed by atoms with van der Waals surface area (Å²) in [5.74, 6) is -0.0574. The van der Waals surface area contributed by atoms with E-state index in [0.29, 0.717) is 19.6 Å². The predicted octanol–water partition coefficient (Wildman–Crippen LogP) is -0.139. The number of nitrogens with zero attached hydrogens (tertiary/aromatic N) is 2. The van der Waals surface area contributed by atoms with Gasteiger partial charge in [-0.25, -0.2) is 0 Å². The smallest absolute Gasteiger partial charge is 0.246 e. The number of piperazine rings is 1. The van der Waals surface area contributed by atoms with Crippen LogP contribution in [0.5, 0.6) is 0 Å². The van der Waals surface area contributed by atoms with Crippen molar-refractivity contribution in [2.45, 2.75) is 13.0 Å². The normalized spacial score (nSPS) is 22.7. The Hall–Kier alpha value is -1.32. The van der Waals surface area contributed by atoms with Crippen molar-refractivity contribution in [2.75, 3.05) is 19.6 Å². The van der Waals surface area contributed by atoms with E-state index >= 15 is 0 Å². The summed E-state index contributed by atoms with van der Waals surface area (Å²) in [5, 5.41) is 0. The molecule has 1 saturated heterocycles. The minimum absolute atomic E-state index is 0.0574. The molecule has 0 radical (unpaired) electrons. The Balaban J connectivity index is 2.57. The zero-order valence-corrected chi connectivity index (χ0v) is 7.77. The van der Waals surface area contributed by atoms with Gasteiger partial charge in [-0.15, -0.1) is 0 Å². The molecule has 0 aromatic heterocycles. The average Bonchev–Trinajstić information content (AvgIpc) is 2.16. The van der Waals surface area contributed by atoms with Crippen LogP contribution < -0.4 is 0 Å². The van der Waals surface area contributed by atoms with Gasteiger partial charge in [0.1, 0.15) is 0 Å². The lowest BCUT2D eigenvalue weighted by molar-refractivity contribution is -0.133. The van der Waals surface area contributed by atoms with Gasteiger partial charge in [0.15, 0.2) is 0 Å². The first-order valence-electron chi connectivity index (χ1n) is 4.31. The van der Waals surface area contributed by atoms with Gasteiger partial charge in [-0.2, -0.15) is 0 Å². The summed E-state index contributed by atoms with van der Waals surface area (Å²) in [6.45, 7) is 7.20. The molecule has 0 spiro atoms. The highest BCUT2D eigenvalue weighted by Crippen LogP contribution is 2.08. The van der Waals surface area contributed by atoms with Gasteiger partial charge in [0.2, 0.25) is 12.3 Å². The highest BCUT2D eigenvalue weighted by molar-refractivity contribution is 5.87. The highest BCUT2D eigenvalue weighted by atomic mass is 16.2. The van der Waals surface area contributed by atoms with Gasteiger partial charge in [-0.05, 0) is 13.0 Å². The number of rotatable bonds is 2. The lowest BCUT2D eigenvalue weighted by Crippen LogP contribution is -2.53. The minimum Gasteiger partial charge on any atom is -0.341 e. The molecule has 1 heterocycles. The summed E-state index contributed by atoms with van der Waals surface area (Å²) < 4.78 is 0. The third-order valence-corrected chi connectivity index (χ3v) is 2.27. The zero-order valence-electron chi connectivity index (χ0n) is 7.77. The van der Waals surface area contributed by atoms with E-state index in [1.807, 2.05) is 6.92 Å². The van der Waals surface area contributed by atoms with Gasteiger partial charge >= 0.3 is 0 Å². The van der Waals surface area contributed by atoms with E-state index in [1.54, 1.807) is 9.80 Å². The van der Waals surface area contributed by atoms with Crippen LogP contribution in [0, 0.1) is 0 Å². The van der Waals surface area contributed by atoms with Crippen LogP contribution in [0.3, 0.4) is 0 Å². The molecule has 0 aromatic rings. The van der Waals surface area contributed by atoms with Gasteiger partial charge in [-0.1, -0.05) is 6.58 Å². The second-order valence-corrected chi connectivity index (χ2v) is 3.19. The predicted molar refractivity (Wildman–Crippen MR) is 49.0 cm³/mol. The van der Waals surface area contributed by atoms with E-state index < -0.39 is 0 Å². The second-order valence-electron chi connectivity index (χ2n) is 3.19. The van der Waals surface area contributed by atoms with Crippen LogP contribution in [-0.4, -0.2) is 47.8 Å². The molecule has 13 heavy (non-hydrogen) atoms. The molecule has 2 amide bonds. The fourth-order valence-corrected chi connectivity index (χ4v) is 1.53. The Kier molecular flexibility index (Phi) is 3.06. The molecule has 1 rings (SSSR count). The Labute approximate surface area is 77.8 Å². The van der Waals surface area contributed by atoms with Crippen LogP contribution in [0.1, 0.15) is 6.92 Å². The SMILES string of the molecule is C=CC(=O)N1CCN(C=O)C[C@@H]1C. The lowest BCUT2D eigenvalue weighted by atomic mass is 10.2. The van der Waals surface area contributed by atoms with E-state index in [-0.39, 0.29) is 11.9 Å². The van der Waals surface area contributed by atoms with E-state index in [1.165, 1.54) is 6.08 Å². The van der Waals surface area contributed by atoms with Crippen molar-refractivity contribution < 1.29 is 9.59 Å². The van der Waals surface area contributed by atoms with Crippen LogP contribution in [0.4, 0.5) is 0 Å². The summed E-state index contributed by atoms with van der Waals surface area (Å²) in [6.07, 6.45) is 2.14. The molecule has 0 bridgehead atoms. The number of carbonyl (C=O) groups is 2. The molecule has 0 aliphatic carbocycles. The average molecular weight is 182 g/mol. The standard InChI is InChI=1S/C9H14N2O2/c1-3-9(13)11-5-4-10(7-12)6-8(11)2/h3,7-8H,1,4-6H2,2H3/t8-/m0/s1. The number of carbonyl (C=O) groups excluding carboxylic acids is 2. The molecule has 0 N–H and O–H groups in total. The summed E-state index contributed by atoms with van der Waals surface area (Å²) >= 11 is 0. The van der Waals surface area contributed by atoms with Crippen LogP contribution in [0.25, 0.3) is 0 Å². The van der Waals surface area contributed by atoms with Crippen LogP contribution in [0.2, 0.25) is 0 Å². The maximum absolute atomic E-state index is 11.3. The summed E-state index contributed by atoms with van der Waals surface area (Å²) in [5.41, 5.74) is 0. The van der Waals surface area contributed by atoms with Crippen LogP contribution in [-0.2, 0) is 9.59 Å². The molecule has 4 nitrogen and oxygen atoms in total. The first kappa shape index (κ1) is 9.77. The topological polar surface area (TPSA) is 40.6 Å². The summed E-state index contributed by atoms with van der Waals surface area (Å²) in [7, 11) is 0. The van der Waals surface area contributed by atoms with Gasteiger partial charge in [-0.3, -0.25) is 9.59 Å². The van der Waals surface area contributed by atoms with Crippen molar-refractivity contribution in [3.63, 3.8) is 0 Å². The second kappa shape index (κ2) is 4.07. The molecule has 1 aliphatic heterocycles. The number of hydrogen-bond acceptors (Lipinski definition) is 2. The molecule has 1 fully saturated rings. The maximum Gasteiger partial charge on any atom is 0.246 e. The van der Waals surface area contributed by atoms with E-state index in [4.69, 9.17) is 0 Å². The lowest BCUT2D eigenvalue weighted by Gasteiger charge is -2.37. The van der Waals surface area contributed by atoms with Crippen LogP contribution in [0.15, 0.2) is 12.7 Å². The Bertz CT molecular complexity index is 228. The number of amides is 2. The van der Waals surface area contributed by atoms with Crippen molar-refractivity contribution in [2.24, 2.45) is 0 Å². The third kappa shape index (κ3) is 2.08. The van der Waals surface area contributed by atoms with Crippen molar-refractivity contribution in [1.82, 2.24) is 9.80 Å². The monoisotopic (exact) mass is 182 g/mol. The molecule has 0 aromatic carbocycles. The fraction of sp³-hybridized carbons (Fsp3) is 0.556. The largest absolute Gasteiger partial charge is 0.341 e. The van der Waals surface area contributed by atoms with Gasteiger partial charge in [0.25, 0.3) is 0 Å². The third-order valence-electron chi connectivity index (χ3n) is 2.27. The van der Waals surface area contributed by atoms with E-state index in [2.05, 4.69) is 6.58 Å². The van der Waals surface area contributed by atoms with Crippen molar-refractivity contribution in [1.29, 1.82) is 0 Å². The van der Waals surface area contributed by atoms with Gasteiger partial charge in [0, 0.05) is 25.7 Å². The molecular weight excluding hydrogens is 168 g/mol. The molecular formula is C9H14N2O2. The van der Waals surface area contributed by atoms with E-state index in [0.717, 1.165) is 6.41 Å². The van der Waals surface area contributed by atoms with Crippen molar-refractivity contribution in [3.8, 4) is 0 Å². The van der Waals surface area contributed by atoms with E-state index in [9.17, 15) is 9.59 Å².